The molecule has 0 saturated carbocycles. The minimum atomic E-state index is -0.306. The number of ether oxygens (including phenoxy) is 3. The molecule has 0 amide bonds. The zero-order valence-electron chi connectivity index (χ0n) is 12.4. The first-order valence-corrected chi connectivity index (χ1v) is 8.54. The third-order valence-corrected chi connectivity index (χ3v) is 4.17. The van der Waals surface area contributed by atoms with Crippen LogP contribution in [0.1, 0.15) is 13.3 Å². The maximum absolute atomic E-state index is 11.3. The smallest absolute Gasteiger partial charge is 0.328 e. The van der Waals surface area contributed by atoms with E-state index in [4.69, 9.17) is 26.4 Å². The molecule has 0 aromatic heterocycles. The van der Waals surface area contributed by atoms with Gasteiger partial charge in [-0.2, -0.15) is 0 Å². The van der Waals surface area contributed by atoms with Gasteiger partial charge in [-0.25, -0.2) is 4.79 Å². The Labute approximate surface area is 139 Å². The Bertz CT molecular complexity index is 524. The molecule has 0 radical (unpaired) electrons. The van der Waals surface area contributed by atoms with Gasteiger partial charge in [-0.15, -0.1) is 0 Å². The van der Waals surface area contributed by atoms with E-state index in [1.807, 2.05) is 31.2 Å². The number of carbonyl (C=O) groups is 1. The van der Waals surface area contributed by atoms with Crippen molar-refractivity contribution >= 4 is 34.3 Å². The van der Waals surface area contributed by atoms with E-state index >= 15 is 0 Å². The lowest BCUT2D eigenvalue weighted by molar-refractivity contribution is -0.139. The molecule has 1 heterocycles. The van der Waals surface area contributed by atoms with E-state index in [9.17, 15) is 4.79 Å². The van der Waals surface area contributed by atoms with E-state index in [1.165, 1.54) is 11.8 Å². The van der Waals surface area contributed by atoms with Crippen LogP contribution in [0.4, 0.5) is 0 Å². The Morgan fingerprint density at radius 3 is 2.77 bits per heavy atom. The molecule has 1 fully saturated rings. The summed E-state index contributed by atoms with van der Waals surface area (Å²) in [6, 6.07) is 7.26. The Kier molecular flexibility index (Phi) is 6.79. The maximum atomic E-state index is 11.3. The van der Waals surface area contributed by atoms with Gasteiger partial charge in [-0.3, -0.25) is 0 Å². The van der Waals surface area contributed by atoms with Crippen LogP contribution in [-0.4, -0.2) is 41.9 Å². The van der Waals surface area contributed by atoms with Crippen LogP contribution in [0.2, 0.25) is 0 Å². The van der Waals surface area contributed by atoms with Crippen LogP contribution in [0, 0.1) is 0 Å². The third-order valence-electron chi connectivity index (χ3n) is 2.95. The molecule has 0 spiro atoms. The van der Waals surface area contributed by atoms with Crippen molar-refractivity contribution in [1.82, 2.24) is 5.32 Å². The van der Waals surface area contributed by atoms with E-state index in [1.54, 1.807) is 0 Å². The second-order valence-corrected chi connectivity index (χ2v) is 6.29. The van der Waals surface area contributed by atoms with Crippen LogP contribution in [0.5, 0.6) is 11.5 Å². The Hall–Kier alpha value is -1.47. The molecular formula is C15H19NO4S2. The van der Waals surface area contributed by atoms with Gasteiger partial charge in [0.2, 0.25) is 0 Å². The number of cyclic esters (lactones) is 1. The second kappa shape index (κ2) is 8.85. The molecular weight excluding hydrogens is 322 g/mol. The molecule has 120 valence electrons. The lowest BCUT2D eigenvalue weighted by Gasteiger charge is -2.13. The number of thiocarbonyl (C=S) groups is 1. The minimum Gasteiger partial charge on any atom is -0.490 e. The van der Waals surface area contributed by atoms with Crippen molar-refractivity contribution in [2.45, 2.75) is 19.4 Å². The van der Waals surface area contributed by atoms with Crippen molar-refractivity contribution in [3.63, 3.8) is 0 Å². The number of esters is 1. The van der Waals surface area contributed by atoms with E-state index in [-0.39, 0.29) is 12.0 Å². The summed E-state index contributed by atoms with van der Waals surface area (Å²) in [5, 5.41) is 3.00. The lowest BCUT2D eigenvalue weighted by atomic mass is 10.3. The van der Waals surface area contributed by atoms with Crippen LogP contribution in [-0.2, 0) is 9.53 Å². The van der Waals surface area contributed by atoms with Gasteiger partial charge in [0.25, 0.3) is 0 Å². The Morgan fingerprint density at radius 1 is 1.41 bits per heavy atom. The summed E-state index contributed by atoms with van der Waals surface area (Å²) in [4.78, 5) is 11.3. The first-order chi connectivity index (χ1) is 10.7. The molecule has 7 heteroatoms. The molecule has 1 saturated heterocycles. The molecule has 0 unspecified atom stereocenters. The van der Waals surface area contributed by atoms with Gasteiger partial charge in [-0.05, 0) is 19.1 Å². The average Bonchev–Trinajstić information content (AvgIpc) is 2.91. The van der Waals surface area contributed by atoms with E-state index in [0.717, 1.165) is 11.5 Å². The van der Waals surface area contributed by atoms with Gasteiger partial charge in [0, 0.05) is 12.2 Å². The molecule has 1 aromatic carbocycles. The van der Waals surface area contributed by atoms with Gasteiger partial charge < -0.3 is 19.5 Å². The molecule has 1 aliphatic rings. The van der Waals surface area contributed by atoms with Crippen molar-refractivity contribution in [2.24, 2.45) is 0 Å². The highest BCUT2D eigenvalue weighted by Crippen LogP contribution is 2.26. The number of carbonyl (C=O) groups excluding carboxylic acids is 1. The summed E-state index contributed by atoms with van der Waals surface area (Å²) in [6.07, 6.45) is 0.664. The van der Waals surface area contributed by atoms with Crippen molar-refractivity contribution in [3.8, 4) is 11.5 Å². The Balaban J connectivity index is 1.68. The first kappa shape index (κ1) is 16.9. The molecule has 1 N–H and O–H groups in total. The summed E-state index contributed by atoms with van der Waals surface area (Å²) in [7, 11) is 0. The fraction of sp³-hybridized carbons (Fsp3) is 0.467. The standard InChI is InChI=1S/C15H19NO4S2/c1-2-18-12-5-3-4-6-13(12)19-9-10-22-15(21)16-11-7-8-20-14(11)17/h3-6,11H,2,7-10H2,1H3,(H,16,21)/t11-/m0/s1. The molecule has 0 bridgehead atoms. The summed E-state index contributed by atoms with van der Waals surface area (Å²) < 4.78 is 16.7. The predicted molar refractivity (Wildman–Crippen MR) is 90.7 cm³/mol. The molecule has 2 rings (SSSR count). The van der Waals surface area contributed by atoms with Crippen LogP contribution in [0.15, 0.2) is 24.3 Å². The molecule has 0 aliphatic carbocycles. The molecule has 1 aromatic rings. The van der Waals surface area contributed by atoms with Crippen molar-refractivity contribution in [1.29, 1.82) is 0 Å². The van der Waals surface area contributed by atoms with E-state index in [0.29, 0.717) is 36.3 Å². The highest BCUT2D eigenvalue weighted by molar-refractivity contribution is 8.22. The quantitative estimate of drug-likeness (QED) is 0.464. The van der Waals surface area contributed by atoms with E-state index in [2.05, 4.69) is 5.32 Å². The third kappa shape index (κ3) is 5.06. The summed E-state index contributed by atoms with van der Waals surface area (Å²) in [5.74, 6) is 1.92. The maximum Gasteiger partial charge on any atom is 0.328 e. The van der Waals surface area contributed by atoms with Gasteiger partial charge >= 0.3 is 5.97 Å². The molecule has 1 atom stereocenters. The first-order valence-electron chi connectivity index (χ1n) is 7.15. The highest BCUT2D eigenvalue weighted by Gasteiger charge is 2.26. The largest absolute Gasteiger partial charge is 0.490 e. The van der Waals surface area contributed by atoms with Crippen LogP contribution in [0.3, 0.4) is 0 Å². The topological polar surface area (TPSA) is 56.8 Å². The molecule has 1 aliphatic heterocycles. The normalized spacial score (nSPS) is 17.0. The highest BCUT2D eigenvalue weighted by atomic mass is 32.2. The fourth-order valence-electron chi connectivity index (χ4n) is 1.94. The number of thioether (sulfide) groups is 1. The number of hydrogen-bond acceptors (Lipinski definition) is 6. The van der Waals surface area contributed by atoms with Crippen LogP contribution >= 0.6 is 24.0 Å². The zero-order valence-corrected chi connectivity index (χ0v) is 14.0. The summed E-state index contributed by atoms with van der Waals surface area (Å²) >= 11 is 6.66. The van der Waals surface area contributed by atoms with Crippen molar-refractivity contribution in [3.05, 3.63) is 24.3 Å². The zero-order chi connectivity index (χ0) is 15.8. The monoisotopic (exact) mass is 341 g/mol. The SMILES string of the molecule is CCOc1ccccc1OCCSC(=S)N[C@H]1CCOC1=O. The molecule has 22 heavy (non-hydrogen) atoms. The van der Waals surface area contributed by atoms with Crippen molar-refractivity contribution in [2.75, 3.05) is 25.6 Å². The predicted octanol–water partition coefficient (Wildman–Crippen LogP) is 2.39. The van der Waals surface area contributed by atoms with Crippen LogP contribution in [0.25, 0.3) is 0 Å². The fourth-order valence-corrected chi connectivity index (χ4v) is 2.91. The van der Waals surface area contributed by atoms with Gasteiger partial charge in [0.05, 0.1) is 19.8 Å². The summed E-state index contributed by atoms with van der Waals surface area (Å²) in [6.45, 7) is 3.50. The summed E-state index contributed by atoms with van der Waals surface area (Å²) in [5.41, 5.74) is 0. The number of para-hydroxylation sites is 2. The van der Waals surface area contributed by atoms with Crippen molar-refractivity contribution < 1.29 is 19.0 Å². The average molecular weight is 341 g/mol. The number of hydrogen-bond donors (Lipinski definition) is 1. The Morgan fingerprint density at radius 2 is 2.14 bits per heavy atom. The number of rotatable bonds is 7. The van der Waals surface area contributed by atoms with Gasteiger partial charge in [0.1, 0.15) is 10.4 Å². The molecule has 5 nitrogen and oxygen atoms in total. The lowest BCUT2D eigenvalue weighted by Crippen LogP contribution is -2.35. The van der Waals surface area contributed by atoms with Crippen LogP contribution < -0.4 is 14.8 Å². The van der Waals surface area contributed by atoms with Gasteiger partial charge in [0.15, 0.2) is 11.5 Å². The van der Waals surface area contributed by atoms with Gasteiger partial charge in [-0.1, -0.05) is 36.1 Å². The minimum absolute atomic E-state index is 0.232. The second-order valence-electron chi connectivity index (χ2n) is 4.52. The number of nitrogens with one attached hydrogen (secondary N) is 1. The van der Waals surface area contributed by atoms with E-state index < -0.39 is 0 Å². The number of benzene rings is 1.